The molecule has 6 heteroatoms. The molecule has 0 radical (unpaired) electrons. The summed E-state index contributed by atoms with van der Waals surface area (Å²) in [5.41, 5.74) is 0.900. The molecule has 0 aromatic heterocycles. The molecule has 2 rings (SSSR count). The number of amides is 1. The van der Waals surface area contributed by atoms with Crippen molar-refractivity contribution in [2.24, 2.45) is 0 Å². The fraction of sp³-hybridized carbons (Fsp3) is 0.500. The second-order valence-corrected chi connectivity index (χ2v) is 8.42. The largest absolute Gasteiger partial charge is 0.327 e. The molecule has 0 aliphatic carbocycles. The molecule has 0 bridgehead atoms. The zero-order valence-electron chi connectivity index (χ0n) is 12.0. The van der Waals surface area contributed by atoms with E-state index in [0.717, 1.165) is 5.56 Å². The molecule has 0 spiro atoms. The highest BCUT2D eigenvalue weighted by Gasteiger charge is 2.39. The van der Waals surface area contributed by atoms with Gasteiger partial charge >= 0.3 is 0 Å². The molecule has 1 heterocycles. The van der Waals surface area contributed by atoms with Crippen LogP contribution in [0.25, 0.3) is 0 Å². The van der Waals surface area contributed by atoms with E-state index < -0.39 is 14.6 Å². The Bertz CT molecular complexity index is 596. The van der Waals surface area contributed by atoms with Gasteiger partial charge in [0.2, 0.25) is 5.91 Å². The van der Waals surface area contributed by atoms with E-state index >= 15 is 0 Å². The van der Waals surface area contributed by atoms with Crippen LogP contribution in [0.3, 0.4) is 0 Å². The fourth-order valence-corrected chi connectivity index (χ4v) is 2.56. The topological polar surface area (TPSA) is 66.5 Å². The van der Waals surface area contributed by atoms with Gasteiger partial charge in [0.25, 0.3) is 0 Å². The first-order chi connectivity index (χ1) is 9.22. The molecule has 1 amide bonds. The summed E-state index contributed by atoms with van der Waals surface area (Å²) in [6.07, 6.45) is 1.20. The fourth-order valence-electron chi connectivity index (χ4n) is 2.17. The van der Waals surface area contributed by atoms with Crippen molar-refractivity contribution in [2.75, 3.05) is 19.5 Å². The molecule has 1 aromatic carbocycles. The number of nitrogens with one attached hydrogen (secondary N) is 1. The van der Waals surface area contributed by atoms with E-state index in [1.54, 1.807) is 18.7 Å². The third-order valence-corrected chi connectivity index (χ3v) is 5.89. The normalized spacial score (nSPS) is 20.4. The van der Waals surface area contributed by atoms with E-state index in [1.807, 2.05) is 30.3 Å². The summed E-state index contributed by atoms with van der Waals surface area (Å²) in [6, 6.07) is 9.06. The van der Waals surface area contributed by atoms with Gasteiger partial charge in [0.05, 0.1) is 11.4 Å². The molecule has 1 aliphatic heterocycles. The van der Waals surface area contributed by atoms with Gasteiger partial charge in [-0.15, -0.1) is 0 Å². The second kappa shape index (κ2) is 5.18. The Balaban J connectivity index is 2.13. The van der Waals surface area contributed by atoms with Gasteiger partial charge in [0.15, 0.2) is 9.84 Å². The summed E-state index contributed by atoms with van der Waals surface area (Å²) in [5.74, 6) is -0.0760. The number of hydrogen-bond acceptors (Lipinski definition) is 4. The van der Waals surface area contributed by atoms with Crippen LogP contribution in [-0.4, -0.2) is 43.4 Å². The van der Waals surface area contributed by atoms with Crippen LogP contribution in [0.2, 0.25) is 0 Å². The summed E-state index contributed by atoms with van der Waals surface area (Å²) < 4.78 is 22.5. The van der Waals surface area contributed by atoms with E-state index in [9.17, 15) is 13.2 Å². The quantitative estimate of drug-likeness (QED) is 0.898. The molecular weight excluding hydrogens is 276 g/mol. The molecule has 5 nitrogen and oxygen atoms in total. The molecule has 1 atom stereocenters. The van der Waals surface area contributed by atoms with Crippen LogP contribution in [0.4, 0.5) is 0 Å². The highest BCUT2D eigenvalue weighted by Crippen LogP contribution is 2.24. The van der Waals surface area contributed by atoms with Crippen LogP contribution in [0.15, 0.2) is 30.3 Å². The Kier molecular flexibility index (Phi) is 3.88. The first kappa shape index (κ1) is 15.0. The summed E-state index contributed by atoms with van der Waals surface area (Å²) in [7, 11) is -3.22. The van der Waals surface area contributed by atoms with Gasteiger partial charge in [-0.25, -0.2) is 8.42 Å². The molecule has 1 aliphatic rings. The molecule has 1 saturated heterocycles. The summed E-state index contributed by atoms with van der Waals surface area (Å²) in [6.45, 7) is 3.86. The minimum absolute atomic E-state index is 0.0760. The minimum atomic E-state index is -3.22. The molecule has 20 heavy (non-hydrogen) atoms. The second-order valence-electron chi connectivity index (χ2n) is 5.77. The summed E-state index contributed by atoms with van der Waals surface area (Å²) in [5, 5.41) is 3.13. The maximum absolute atomic E-state index is 12.4. The summed E-state index contributed by atoms with van der Waals surface area (Å²) in [4.78, 5) is 13.9. The van der Waals surface area contributed by atoms with Crippen molar-refractivity contribution in [1.82, 2.24) is 10.2 Å². The zero-order chi connectivity index (χ0) is 15.0. The van der Waals surface area contributed by atoms with E-state index in [2.05, 4.69) is 5.32 Å². The number of carbonyl (C=O) groups is 1. The number of hydrogen-bond donors (Lipinski definition) is 1. The predicted molar refractivity (Wildman–Crippen MR) is 77.8 cm³/mol. The van der Waals surface area contributed by atoms with Crippen molar-refractivity contribution in [3.63, 3.8) is 0 Å². The number of rotatable bonds is 4. The average molecular weight is 296 g/mol. The lowest BCUT2D eigenvalue weighted by molar-refractivity contribution is -0.129. The predicted octanol–water partition coefficient (Wildman–Crippen LogP) is 0.940. The SMILES string of the molecule is CC(C)(CN1CNC(c2ccccc2)C1=O)S(C)(=O)=O. The van der Waals surface area contributed by atoms with Gasteiger partial charge in [-0.1, -0.05) is 30.3 Å². The van der Waals surface area contributed by atoms with E-state index in [0.29, 0.717) is 6.67 Å². The van der Waals surface area contributed by atoms with Crippen molar-refractivity contribution in [2.45, 2.75) is 24.6 Å². The number of sulfone groups is 1. The molecule has 1 N–H and O–H groups in total. The molecule has 0 saturated carbocycles. The van der Waals surface area contributed by atoms with Crippen molar-refractivity contribution in [3.8, 4) is 0 Å². The van der Waals surface area contributed by atoms with E-state index in [4.69, 9.17) is 0 Å². The lowest BCUT2D eigenvalue weighted by atomic mass is 10.1. The van der Waals surface area contributed by atoms with Crippen molar-refractivity contribution in [3.05, 3.63) is 35.9 Å². The number of carbonyl (C=O) groups excluding carboxylic acids is 1. The van der Waals surface area contributed by atoms with Crippen LogP contribution in [0.1, 0.15) is 25.5 Å². The Morgan fingerprint density at radius 1 is 1.30 bits per heavy atom. The average Bonchev–Trinajstić information content (AvgIpc) is 2.70. The van der Waals surface area contributed by atoms with Crippen LogP contribution < -0.4 is 5.32 Å². The Hall–Kier alpha value is -1.40. The Morgan fingerprint density at radius 3 is 2.45 bits per heavy atom. The first-order valence-electron chi connectivity index (χ1n) is 6.49. The van der Waals surface area contributed by atoms with Crippen LogP contribution in [0, 0.1) is 0 Å². The maximum atomic E-state index is 12.4. The third-order valence-electron chi connectivity index (χ3n) is 3.75. The lowest BCUT2D eigenvalue weighted by Gasteiger charge is -2.28. The van der Waals surface area contributed by atoms with Crippen molar-refractivity contribution < 1.29 is 13.2 Å². The Labute approximate surface area is 119 Å². The number of benzene rings is 1. The monoisotopic (exact) mass is 296 g/mol. The lowest BCUT2D eigenvalue weighted by Crippen LogP contribution is -2.45. The molecule has 1 unspecified atom stereocenters. The minimum Gasteiger partial charge on any atom is -0.327 e. The van der Waals surface area contributed by atoms with Gasteiger partial charge < -0.3 is 4.90 Å². The molecule has 1 fully saturated rings. The van der Waals surface area contributed by atoms with Crippen LogP contribution in [0.5, 0.6) is 0 Å². The highest BCUT2D eigenvalue weighted by atomic mass is 32.2. The molecule has 110 valence electrons. The first-order valence-corrected chi connectivity index (χ1v) is 8.38. The third kappa shape index (κ3) is 2.86. The Morgan fingerprint density at radius 2 is 1.90 bits per heavy atom. The van der Waals surface area contributed by atoms with Gasteiger partial charge in [0, 0.05) is 12.8 Å². The van der Waals surface area contributed by atoms with Crippen LogP contribution >= 0.6 is 0 Å². The van der Waals surface area contributed by atoms with Crippen molar-refractivity contribution in [1.29, 1.82) is 0 Å². The van der Waals surface area contributed by atoms with Crippen LogP contribution in [-0.2, 0) is 14.6 Å². The van der Waals surface area contributed by atoms with Gasteiger partial charge in [-0.05, 0) is 19.4 Å². The summed E-state index contributed by atoms with van der Waals surface area (Å²) >= 11 is 0. The van der Waals surface area contributed by atoms with Gasteiger partial charge in [-0.3, -0.25) is 10.1 Å². The maximum Gasteiger partial charge on any atom is 0.245 e. The van der Waals surface area contributed by atoms with Gasteiger partial charge in [0.1, 0.15) is 6.04 Å². The zero-order valence-corrected chi connectivity index (χ0v) is 12.8. The molecule has 1 aromatic rings. The standard InChI is InChI=1S/C14H20N2O3S/c1-14(2,20(3,18)19)9-16-10-15-12(13(16)17)11-7-5-4-6-8-11/h4-8,12,15H,9-10H2,1-3H3. The molecular formula is C14H20N2O3S. The highest BCUT2D eigenvalue weighted by molar-refractivity contribution is 7.92. The van der Waals surface area contributed by atoms with E-state index in [1.165, 1.54) is 6.26 Å². The smallest absolute Gasteiger partial charge is 0.245 e. The van der Waals surface area contributed by atoms with Crippen molar-refractivity contribution >= 4 is 15.7 Å². The van der Waals surface area contributed by atoms with E-state index in [-0.39, 0.29) is 18.5 Å². The van der Waals surface area contributed by atoms with Gasteiger partial charge in [-0.2, -0.15) is 0 Å². The number of nitrogens with zero attached hydrogens (tertiary/aromatic N) is 1.